The van der Waals surface area contributed by atoms with Crippen LogP contribution in [-0.2, 0) is 10.0 Å². The van der Waals surface area contributed by atoms with Crippen molar-refractivity contribution in [3.05, 3.63) is 23.3 Å². The van der Waals surface area contributed by atoms with E-state index in [-0.39, 0.29) is 0 Å². The predicted molar refractivity (Wildman–Crippen MR) is 87.7 cm³/mol. The molecule has 0 aliphatic rings. The Balaban J connectivity index is 2.66. The van der Waals surface area contributed by atoms with Crippen LogP contribution >= 0.6 is 11.8 Å². The molecule has 0 radical (unpaired) electrons. The van der Waals surface area contributed by atoms with E-state index in [0.717, 1.165) is 25.0 Å². The summed E-state index contributed by atoms with van der Waals surface area (Å²) < 4.78 is 27.3. The number of hydrogen-bond donors (Lipinski definition) is 2. The highest BCUT2D eigenvalue weighted by atomic mass is 32.2. The first-order chi connectivity index (χ1) is 9.38. The summed E-state index contributed by atoms with van der Waals surface area (Å²) in [6.07, 6.45) is 5.12. The van der Waals surface area contributed by atoms with E-state index >= 15 is 0 Å². The minimum absolute atomic E-state index is 0.357. The van der Waals surface area contributed by atoms with E-state index in [1.807, 2.05) is 11.8 Å². The van der Waals surface area contributed by atoms with Gasteiger partial charge in [0.05, 0.1) is 4.90 Å². The van der Waals surface area contributed by atoms with Gasteiger partial charge in [0.25, 0.3) is 0 Å². The van der Waals surface area contributed by atoms with Crippen LogP contribution in [0.2, 0.25) is 0 Å². The average molecular weight is 316 g/mol. The number of sulfonamides is 1. The van der Waals surface area contributed by atoms with Gasteiger partial charge in [0.15, 0.2) is 0 Å². The molecule has 0 amide bonds. The van der Waals surface area contributed by atoms with Gasteiger partial charge in [-0.1, -0.05) is 6.42 Å². The number of hydrogen-bond acceptors (Lipinski definition) is 4. The van der Waals surface area contributed by atoms with Crippen LogP contribution in [0.4, 0.5) is 5.69 Å². The zero-order valence-corrected chi connectivity index (χ0v) is 14.0. The molecular formula is C14H24N2O2S2. The Morgan fingerprint density at radius 3 is 2.30 bits per heavy atom. The topological polar surface area (TPSA) is 72.2 Å². The van der Waals surface area contributed by atoms with Crippen molar-refractivity contribution >= 4 is 27.5 Å². The first-order valence-corrected chi connectivity index (χ1v) is 9.61. The van der Waals surface area contributed by atoms with E-state index in [1.54, 1.807) is 26.0 Å². The summed E-state index contributed by atoms with van der Waals surface area (Å²) in [6, 6.07) is 3.39. The minimum Gasteiger partial charge on any atom is -0.399 e. The molecular weight excluding hydrogens is 292 g/mol. The van der Waals surface area contributed by atoms with E-state index in [0.29, 0.717) is 28.3 Å². The molecule has 0 spiro atoms. The van der Waals surface area contributed by atoms with E-state index in [1.165, 1.54) is 0 Å². The predicted octanol–water partition coefficient (Wildman–Crippen LogP) is 2.70. The Morgan fingerprint density at radius 2 is 1.75 bits per heavy atom. The van der Waals surface area contributed by atoms with Gasteiger partial charge in [-0.25, -0.2) is 13.1 Å². The van der Waals surface area contributed by atoms with Crippen molar-refractivity contribution < 1.29 is 8.42 Å². The van der Waals surface area contributed by atoms with Gasteiger partial charge in [-0.3, -0.25) is 0 Å². The monoisotopic (exact) mass is 316 g/mol. The third-order valence-corrected chi connectivity index (χ3v) is 5.53. The largest absolute Gasteiger partial charge is 0.399 e. The van der Waals surface area contributed by atoms with Gasteiger partial charge in [0.1, 0.15) is 0 Å². The average Bonchev–Trinajstić information content (AvgIpc) is 2.31. The number of rotatable bonds is 8. The number of unbranched alkanes of at least 4 members (excludes halogenated alkanes) is 2. The molecule has 3 N–H and O–H groups in total. The molecule has 114 valence electrons. The highest BCUT2D eigenvalue weighted by Gasteiger charge is 2.19. The Morgan fingerprint density at radius 1 is 1.15 bits per heavy atom. The van der Waals surface area contributed by atoms with Crippen LogP contribution < -0.4 is 10.5 Å². The highest BCUT2D eigenvalue weighted by Crippen LogP contribution is 2.22. The van der Waals surface area contributed by atoms with Crippen LogP contribution in [0.15, 0.2) is 17.0 Å². The Labute approximate surface area is 126 Å². The quantitative estimate of drug-likeness (QED) is 0.571. The Hall–Kier alpha value is -0.720. The zero-order valence-electron chi connectivity index (χ0n) is 12.4. The van der Waals surface area contributed by atoms with Crippen molar-refractivity contribution in [2.45, 2.75) is 38.0 Å². The molecule has 0 aromatic heterocycles. The van der Waals surface area contributed by atoms with E-state index < -0.39 is 10.0 Å². The molecule has 0 aliphatic carbocycles. The molecule has 0 aliphatic heterocycles. The molecule has 0 saturated carbocycles. The number of anilines is 1. The van der Waals surface area contributed by atoms with Gasteiger partial charge in [-0.2, -0.15) is 11.8 Å². The molecule has 0 saturated heterocycles. The summed E-state index contributed by atoms with van der Waals surface area (Å²) in [5, 5.41) is 0. The van der Waals surface area contributed by atoms with Gasteiger partial charge in [0.2, 0.25) is 10.0 Å². The van der Waals surface area contributed by atoms with Crippen LogP contribution in [-0.4, -0.2) is 27.0 Å². The van der Waals surface area contributed by atoms with Gasteiger partial charge < -0.3 is 5.73 Å². The maximum atomic E-state index is 12.3. The number of nitrogens with two attached hydrogens (primary N) is 1. The first-order valence-electron chi connectivity index (χ1n) is 6.74. The summed E-state index contributed by atoms with van der Waals surface area (Å²) in [4.78, 5) is 0.357. The molecule has 1 aromatic rings. The number of nitrogens with one attached hydrogen (secondary N) is 1. The third-order valence-electron chi connectivity index (χ3n) is 3.07. The normalized spacial score (nSPS) is 11.8. The smallest absolute Gasteiger partial charge is 0.241 e. The van der Waals surface area contributed by atoms with E-state index in [9.17, 15) is 8.42 Å². The standard InChI is InChI=1S/C14H24N2O2S2/c1-11-9-13(15)10-12(2)14(11)20(17,18)16-7-5-4-6-8-19-3/h9-10,16H,4-8,15H2,1-3H3. The first kappa shape index (κ1) is 17.3. The van der Waals surface area contributed by atoms with E-state index in [2.05, 4.69) is 11.0 Å². The molecule has 0 bridgehead atoms. The molecule has 0 atom stereocenters. The van der Waals surface area contributed by atoms with Crippen molar-refractivity contribution in [2.75, 3.05) is 24.3 Å². The van der Waals surface area contributed by atoms with Crippen molar-refractivity contribution in [3.63, 3.8) is 0 Å². The second-order valence-electron chi connectivity index (χ2n) is 4.94. The van der Waals surface area contributed by atoms with Crippen LogP contribution in [0, 0.1) is 13.8 Å². The summed E-state index contributed by atoms with van der Waals surface area (Å²) in [5.41, 5.74) is 7.70. The van der Waals surface area contributed by atoms with Gasteiger partial charge in [-0.15, -0.1) is 0 Å². The molecule has 0 fully saturated rings. The summed E-state index contributed by atoms with van der Waals surface area (Å²) >= 11 is 1.82. The summed E-state index contributed by atoms with van der Waals surface area (Å²) in [5.74, 6) is 1.13. The summed E-state index contributed by atoms with van der Waals surface area (Å²) in [7, 11) is -3.44. The maximum Gasteiger partial charge on any atom is 0.241 e. The lowest BCUT2D eigenvalue weighted by atomic mass is 10.1. The van der Waals surface area contributed by atoms with Crippen molar-refractivity contribution in [1.29, 1.82) is 0 Å². The molecule has 0 heterocycles. The van der Waals surface area contributed by atoms with Crippen molar-refractivity contribution in [1.82, 2.24) is 4.72 Å². The summed E-state index contributed by atoms with van der Waals surface area (Å²) in [6.45, 7) is 4.03. The molecule has 1 aromatic carbocycles. The van der Waals surface area contributed by atoms with E-state index in [4.69, 9.17) is 5.73 Å². The highest BCUT2D eigenvalue weighted by molar-refractivity contribution is 7.98. The second kappa shape index (κ2) is 7.90. The van der Waals surface area contributed by atoms with Crippen LogP contribution in [0.3, 0.4) is 0 Å². The van der Waals surface area contributed by atoms with Gasteiger partial charge >= 0.3 is 0 Å². The third kappa shape index (κ3) is 5.00. The fourth-order valence-corrected chi connectivity index (χ4v) is 4.25. The van der Waals surface area contributed by atoms with Crippen molar-refractivity contribution in [2.24, 2.45) is 0 Å². The molecule has 0 unspecified atom stereocenters. The lowest BCUT2D eigenvalue weighted by Gasteiger charge is -2.13. The van der Waals surface area contributed by atoms with Gasteiger partial charge in [0, 0.05) is 12.2 Å². The molecule has 6 heteroatoms. The fraction of sp³-hybridized carbons (Fsp3) is 0.571. The molecule has 1 rings (SSSR count). The lowest BCUT2D eigenvalue weighted by Crippen LogP contribution is -2.26. The SMILES string of the molecule is CSCCCCCNS(=O)(=O)c1c(C)cc(N)cc1C. The maximum absolute atomic E-state index is 12.3. The van der Waals surface area contributed by atoms with Crippen molar-refractivity contribution in [3.8, 4) is 0 Å². The fourth-order valence-electron chi connectivity index (χ4n) is 2.23. The zero-order chi connectivity index (χ0) is 15.2. The number of nitrogen functional groups attached to an aromatic ring is 1. The number of benzene rings is 1. The Kier molecular flexibility index (Phi) is 6.85. The van der Waals surface area contributed by atoms with Crippen LogP contribution in [0.5, 0.6) is 0 Å². The second-order valence-corrected chi connectivity index (χ2v) is 7.62. The molecule has 20 heavy (non-hydrogen) atoms. The lowest BCUT2D eigenvalue weighted by molar-refractivity contribution is 0.575. The van der Waals surface area contributed by atoms with Crippen LogP contribution in [0.25, 0.3) is 0 Å². The van der Waals surface area contributed by atoms with Gasteiger partial charge in [-0.05, 0) is 62.0 Å². The molecule has 4 nitrogen and oxygen atoms in total. The Bertz CT molecular complexity index is 519. The minimum atomic E-state index is -3.44. The van der Waals surface area contributed by atoms with Crippen LogP contribution in [0.1, 0.15) is 30.4 Å². The number of thioether (sulfide) groups is 1. The number of aryl methyl sites for hydroxylation is 2.